The zero-order valence-electron chi connectivity index (χ0n) is 6.90. The van der Waals surface area contributed by atoms with E-state index in [9.17, 15) is 4.79 Å². The molecule has 66 valence electrons. The number of amides is 1. The Morgan fingerprint density at radius 1 is 1.50 bits per heavy atom. The van der Waals surface area contributed by atoms with E-state index < -0.39 is 0 Å². The molecule has 0 radical (unpaired) electrons. The first-order chi connectivity index (χ1) is 5.83. The highest BCUT2D eigenvalue weighted by atomic mass is 16.5. The van der Waals surface area contributed by atoms with Crippen molar-refractivity contribution >= 4 is 6.09 Å². The van der Waals surface area contributed by atoms with Crippen LogP contribution in [0, 0.1) is 0 Å². The van der Waals surface area contributed by atoms with Gasteiger partial charge in [-0.1, -0.05) is 12.2 Å². The lowest BCUT2D eigenvalue weighted by molar-refractivity contribution is -0.00256. The standard InChI is InChI=1S/C8H11NO3/c1-11-8(10)9-6-2-3-7(9)5-12-4-6/h2-3,6-7H,4-5H2,1H3/t6-,7-/m0/s1. The van der Waals surface area contributed by atoms with Crippen LogP contribution < -0.4 is 0 Å². The Morgan fingerprint density at radius 2 is 2.08 bits per heavy atom. The highest BCUT2D eigenvalue weighted by Gasteiger charge is 2.36. The SMILES string of the molecule is COC(=O)N1[C@H]2C=C[C@H]1COC2. The normalized spacial score (nSPS) is 32.2. The summed E-state index contributed by atoms with van der Waals surface area (Å²) in [5.74, 6) is 0. The molecular formula is C8H11NO3. The second-order valence-corrected chi connectivity index (χ2v) is 2.93. The number of hydrogen-bond donors (Lipinski definition) is 0. The van der Waals surface area contributed by atoms with Crippen molar-refractivity contribution < 1.29 is 14.3 Å². The monoisotopic (exact) mass is 169 g/mol. The topological polar surface area (TPSA) is 38.8 Å². The molecule has 2 heterocycles. The smallest absolute Gasteiger partial charge is 0.410 e. The predicted molar refractivity (Wildman–Crippen MR) is 41.8 cm³/mol. The van der Waals surface area contributed by atoms with Crippen LogP contribution in [0.1, 0.15) is 0 Å². The Morgan fingerprint density at radius 3 is 2.58 bits per heavy atom. The number of carbonyl (C=O) groups excluding carboxylic acids is 1. The third kappa shape index (κ3) is 0.992. The average Bonchev–Trinajstić information content (AvgIpc) is 2.35. The molecule has 4 nitrogen and oxygen atoms in total. The second kappa shape index (κ2) is 2.79. The number of ether oxygens (including phenoxy) is 2. The minimum absolute atomic E-state index is 0.0798. The van der Waals surface area contributed by atoms with Crippen molar-refractivity contribution in [3.8, 4) is 0 Å². The van der Waals surface area contributed by atoms with Crippen LogP contribution in [0.2, 0.25) is 0 Å². The van der Waals surface area contributed by atoms with Crippen LogP contribution in [0.15, 0.2) is 12.2 Å². The zero-order valence-corrected chi connectivity index (χ0v) is 6.90. The van der Waals surface area contributed by atoms with E-state index in [0.717, 1.165) is 0 Å². The van der Waals surface area contributed by atoms with Gasteiger partial charge in [-0.15, -0.1) is 0 Å². The van der Waals surface area contributed by atoms with Gasteiger partial charge in [-0.2, -0.15) is 0 Å². The number of hydrogen-bond acceptors (Lipinski definition) is 3. The molecule has 2 atom stereocenters. The Labute approximate surface area is 70.7 Å². The van der Waals surface area contributed by atoms with E-state index in [1.54, 1.807) is 4.90 Å². The van der Waals surface area contributed by atoms with E-state index in [1.807, 2.05) is 12.2 Å². The fourth-order valence-electron chi connectivity index (χ4n) is 1.65. The molecule has 0 spiro atoms. The maximum atomic E-state index is 11.2. The average molecular weight is 169 g/mol. The van der Waals surface area contributed by atoms with Gasteiger partial charge in [0.15, 0.2) is 0 Å². The van der Waals surface area contributed by atoms with Gasteiger partial charge < -0.3 is 9.47 Å². The third-order valence-electron chi connectivity index (χ3n) is 2.23. The molecule has 0 saturated carbocycles. The first kappa shape index (κ1) is 7.61. The summed E-state index contributed by atoms with van der Waals surface area (Å²) in [4.78, 5) is 12.9. The molecule has 1 amide bonds. The number of fused-ring (bicyclic) bond motifs is 2. The van der Waals surface area contributed by atoms with Gasteiger partial charge in [-0.3, -0.25) is 4.90 Å². The lowest BCUT2D eigenvalue weighted by Gasteiger charge is -2.33. The van der Waals surface area contributed by atoms with E-state index in [0.29, 0.717) is 13.2 Å². The summed E-state index contributed by atoms with van der Waals surface area (Å²) in [6.45, 7) is 1.17. The van der Waals surface area contributed by atoms with Gasteiger partial charge >= 0.3 is 6.09 Å². The van der Waals surface area contributed by atoms with Crippen LogP contribution in [-0.2, 0) is 9.47 Å². The molecule has 1 fully saturated rings. The zero-order chi connectivity index (χ0) is 8.55. The fourth-order valence-corrected chi connectivity index (χ4v) is 1.65. The molecule has 0 aromatic carbocycles. The summed E-state index contributed by atoms with van der Waals surface area (Å²) in [6, 6.07) is 0.160. The number of rotatable bonds is 0. The molecule has 2 aliphatic rings. The Bertz CT molecular complexity index is 212. The quantitative estimate of drug-likeness (QED) is 0.492. The van der Waals surface area contributed by atoms with Crippen LogP contribution in [0.25, 0.3) is 0 Å². The molecular weight excluding hydrogens is 158 g/mol. The van der Waals surface area contributed by atoms with Crippen molar-refractivity contribution in [3.63, 3.8) is 0 Å². The second-order valence-electron chi connectivity index (χ2n) is 2.93. The van der Waals surface area contributed by atoms with Crippen LogP contribution in [0.5, 0.6) is 0 Å². The molecule has 12 heavy (non-hydrogen) atoms. The van der Waals surface area contributed by atoms with Gasteiger partial charge in [0.1, 0.15) is 0 Å². The third-order valence-corrected chi connectivity index (χ3v) is 2.23. The van der Waals surface area contributed by atoms with E-state index in [-0.39, 0.29) is 18.2 Å². The van der Waals surface area contributed by atoms with Crippen molar-refractivity contribution in [2.75, 3.05) is 20.3 Å². The Balaban J connectivity index is 2.13. The lowest BCUT2D eigenvalue weighted by atomic mass is 10.3. The van der Waals surface area contributed by atoms with E-state index in [4.69, 9.17) is 4.74 Å². The lowest BCUT2D eigenvalue weighted by Crippen LogP contribution is -2.49. The number of methoxy groups -OCH3 is 1. The van der Waals surface area contributed by atoms with Crippen LogP contribution in [-0.4, -0.2) is 43.4 Å². The molecule has 0 aliphatic carbocycles. The largest absolute Gasteiger partial charge is 0.453 e. The maximum Gasteiger partial charge on any atom is 0.410 e. The maximum absolute atomic E-state index is 11.2. The van der Waals surface area contributed by atoms with Gasteiger partial charge in [0.2, 0.25) is 0 Å². The molecule has 2 rings (SSSR count). The van der Waals surface area contributed by atoms with Crippen LogP contribution >= 0.6 is 0 Å². The van der Waals surface area contributed by atoms with Crippen molar-refractivity contribution in [2.24, 2.45) is 0 Å². The van der Waals surface area contributed by atoms with Gasteiger partial charge in [0.05, 0.1) is 32.4 Å². The summed E-state index contributed by atoms with van der Waals surface area (Å²) in [5, 5.41) is 0. The van der Waals surface area contributed by atoms with Crippen molar-refractivity contribution in [1.29, 1.82) is 0 Å². The van der Waals surface area contributed by atoms with Gasteiger partial charge in [-0.05, 0) is 0 Å². The Kier molecular flexibility index (Phi) is 1.77. The summed E-state index contributed by atoms with van der Waals surface area (Å²) in [5.41, 5.74) is 0. The molecule has 1 saturated heterocycles. The molecule has 0 unspecified atom stereocenters. The number of carbonyl (C=O) groups is 1. The van der Waals surface area contributed by atoms with Crippen molar-refractivity contribution in [2.45, 2.75) is 12.1 Å². The molecule has 0 aromatic heterocycles. The number of morpholine rings is 1. The molecule has 2 aliphatic heterocycles. The summed E-state index contributed by atoms with van der Waals surface area (Å²) in [7, 11) is 1.40. The van der Waals surface area contributed by atoms with Crippen molar-refractivity contribution in [3.05, 3.63) is 12.2 Å². The Hall–Kier alpha value is -1.03. The van der Waals surface area contributed by atoms with Gasteiger partial charge in [-0.25, -0.2) is 4.79 Å². The van der Waals surface area contributed by atoms with Gasteiger partial charge in [0.25, 0.3) is 0 Å². The molecule has 2 bridgehead atoms. The molecule has 0 N–H and O–H groups in total. The predicted octanol–water partition coefficient (Wildman–Crippen LogP) is 0.392. The first-order valence-electron chi connectivity index (χ1n) is 3.95. The van der Waals surface area contributed by atoms with Crippen molar-refractivity contribution in [1.82, 2.24) is 4.90 Å². The van der Waals surface area contributed by atoms with Crippen LogP contribution in [0.4, 0.5) is 4.79 Å². The van der Waals surface area contributed by atoms with E-state index >= 15 is 0 Å². The first-order valence-corrected chi connectivity index (χ1v) is 3.95. The minimum Gasteiger partial charge on any atom is -0.453 e. The molecule has 4 heteroatoms. The molecule has 0 aromatic rings. The van der Waals surface area contributed by atoms with Gasteiger partial charge in [0, 0.05) is 0 Å². The van der Waals surface area contributed by atoms with Crippen LogP contribution in [0.3, 0.4) is 0 Å². The highest BCUT2D eigenvalue weighted by Crippen LogP contribution is 2.22. The summed E-state index contributed by atoms with van der Waals surface area (Å²) in [6.07, 6.45) is 3.72. The fraction of sp³-hybridized carbons (Fsp3) is 0.625. The number of nitrogens with zero attached hydrogens (tertiary/aromatic N) is 1. The van der Waals surface area contributed by atoms with E-state index in [1.165, 1.54) is 7.11 Å². The summed E-state index contributed by atoms with van der Waals surface area (Å²) >= 11 is 0. The van der Waals surface area contributed by atoms with E-state index in [2.05, 4.69) is 4.74 Å². The summed E-state index contributed by atoms with van der Waals surface area (Å²) < 4.78 is 9.93. The highest BCUT2D eigenvalue weighted by molar-refractivity contribution is 5.70. The minimum atomic E-state index is -0.265.